The molecule has 1 amide bonds. The number of hydrogen-bond acceptors (Lipinski definition) is 4. The van der Waals surface area contributed by atoms with E-state index in [2.05, 4.69) is 22.2 Å². The Balaban J connectivity index is 1.60. The highest BCUT2D eigenvalue weighted by molar-refractivity contribution is 7.09. The number of amides is 1. The summed E-state index contributed by atoms with van der Waals surface area (Å²) in [6.07, 6.45) is 0.950. The smallest absolute Gasteiger partial charge is 0.255 e. The van der Waals surface area contributed by atoms with Crippen molar-refractivity contribution >= 4 is 40.4 Å². The van der Waals surface area contributed by atoms with E-state index < -0.39 is 5.82 Å². The molecule has 1 aromatic heterocycles. The van der Waals surface area contributed by atoms with Crippen LogP contribution < -0.4 is 0 Å². The van der Waals surface area contributed by atoms with Gasteiger partial charge in [0, 0.05) is 38.1 Å². The van der Waals surface area contributed by atoms with Gasteiger partial charge < -0.3 is 4.90 Å². The Kier molecular flexibility index (Phi) is 5.94. The van der Waals surface area contributed by atoms with Gasteiger partial charge in [-0.15, -0.1) is 11.3 Å². The van der Waals surface area contributed by atoms with Gasteiger partial charge in [-0.25, -0.2) is 9.37 Å². The van der Waals surface area contributed by atoms with Crippen LogP contribution in [0.5, 0.6) is 0 Å². The van der Waals surface area contributed by atoms with Crippen molar-refractivity contribution in [3.63, 3.8) is 0 Å². The molecule has 1 aliphatic heterocycles. The molecule has 3 rings (SSSR count). The first-order chi connectivity index (χ1) is 12.0. The van der Waals surface area contributed by atoms with Crippen LogP contribution in [0.25, 0.3) is 0 Å². The highest BCUT2D eigenvalue weighted by Gasteiger charge is 2.25. The fraction of sp³-hybridized carbons (Fsp3) is 0.412. The predicted octanol–water partition coefficient (Wildman–Crippen LogP) is 4.11. The number of hydrogen-bond donors (Lipinski definition) is 0. The minimum Gasteiger partial charge on any atom is -0.336 e. The van der Waals surface area contributed by atoms with Gasteiger partial charge in [-0.2, -0.15) is 0 Å². The zero-order valence-corrected chi connectivity index (χ0v) is 16.1. The minimum atomic E-state index is -0.636. The third kappa shape index (κ3) is 4.31. The largest absolute Gasteiger partial charge is 0.336 e. The molecular formula is C17H18Cl2FN3OS. The summed E-state index contributed by atoms with van der Waals surface area (Å²) < 4.78 is 13.6. The number of aromatic nitrogens is 1. The molecule has 1 saturated heterocycles. The maximum atomic E-state index is 13.6. The summed E-state index contributed by atoms with van der Waals surface area (Å²) in [5, 5.41) is 3.32. The van der Waals surface area contributed by atoms with Crippen LogP contribution in [0.2, 0.25) is 10.0 Å². The number of nitrogens with zero attached hydrogens (tertiary/aromatic N) is 3. The first-order valence-corrected chi connectivity index (χ1v) is 9.71. The highest BCUT2D eigenvalue weighted by Crippen LogP contribution is 2.26. The number of thiazole rings is 1. The third-order valence-electron chi connectivity index (χ3n) is 4.19. The lowest BCUT2D eigenvalue weighted by Crippen LogP contribution is -2.48. The van der Waals surface area contributed by atoms with Gasteiger partial charge in [0.1, 0.15) is 5.82 Å². The fourth-order valence-corrected chi connectivity index (χ4v) is 3.98. The molecule has 0 saturated carbocycles. The fourth-order valence-electron chi connectivity index (χ4n) is 2.78. The van der Waals surface area contributed by atoms with Crippen molar-refractivity contribution in [2.75, 3.05) is 26.2 Å². The van der Waals surface area contributed by atoms with Crippen molar-refractivity contribution in [1.29, 1.82) is 0 Å². The first kappa shape index (κ1) is 18.6. The summed E-state index contributed by atoms with van der Waals surface area (Å²) in [7, 11) is 0. The summed E-state index contributed by atoms with van der Waals surface area (Å²) >= 11 is 13.4. The zero-order chi connectivity index (χ0) is 18.0. The molecule has 0 radical (unpaired) electrons. The van der Waals surface area contributed by atoms with Crippen LogP contribution in [-0.2, 0) is 13.0 Å². The average Bonchev–Trinajstić information content (AvgIpc) is 3.06. The number of benzene rings is 1. The van der Waals surface area contributed by atoms with Gasteiger partial charge >= 0.3 is 0 Å². The number of piperazine rings is 1. The van der Waals surface area contributed by atoms with E-state index in [0.29, 0.717) is 13.1 Å². The van der Waals surface area contributed by atoms with Crippen LogP contribution in [0.15, 0.2) is 17.5 Å². The lowest BCUT2D eigenvalue weighted by molar-refractivity contribution is 0.0627. The van der Waals surface area contributed by atoms with Crippen LogP contribution in [-0.4, -0.2) is 46.9 Å². The molecule has 2 aromatic rings. The Morgan fingerprint density at radius 2 is 1.96 bits per heavy atom. The summed E-state index contributed by atoms with van der Waals surface area (Å²) in [5.41, 5.74) is 1.23. The van der Waals surface area contributed by atoms with Crippen molar-refractivity contribution in [3.05, 3.63) is 49.6 Å². The molecule has 0 atom stereocenters. The maximum absolute atomic E-state index is 13.6. The van der Waals surface area contributed by atoms with Gasteiger partial charge in [0.2, 0.25) is 0 Å². The Bertz CT molecular complexity index is 775. The molecule has 0 N–H and O–H groups in total. The van der Waals surface area contributed by atoms with Gasteiger partial charge in [0.25, 0.3) is 5.91 Å². The Labute approximate surface area is 160 Å². The van der Waals surface area contributed by atoms with E-state index in [1.807, 2.05) is 0 Å². The van der Waals surface area contributed by atoms with Crippen molar-refractivity contribution in [2.45, 2.75) is 19.9 Å². The quantitative estimate of drug-likeness (QED) is 0.723. The lowest BCUT2D eigenvalue weighted by Gasteiger charge is -2.34. The molecule has 1 aliphatic rings. The van der Waals surface area contributed by atoms with E-state index in [-0.39, 0.29) is 21.5 Å². The summed E-state index contributed by atoms with van der Waals surface area (Å²) in [6.45, 7) is 5.53. The molecule has 4 nitrogen and oxygen atoms in total. The van der Waals surface area contributed by atoms with Crippen molar-refractivity contribution < 1.29 is 9.18 Å². The molecule has 134 valence electrons. The zero-order valence-electron chi connectivity index (χ0n) is 13.8. The molecule has 25 heavy (non-hydrogen) atoms. The van der Waals surface area contributed by atoms with Gasteiger partial charge in [-0.3, -0.25) is 9.69 Å². The molecule has 2 heterocycles. The highest BCUT2D eigenvalue weighted by atomic mass is 35.5. The normalized spacial score (nSPS) is 15.6. The van der Waals surface area contributed by atoms with E-state index in [0.717, 1.165) is 42.8 Å². The second kappa shape index (κ2) is 7.99. The second-order valence-corrected chi connectivity index (χ2v) is 7.66. The molecule has 8 heteroatoms. The SMILES string of the molecule is CCc1nc(CN2CCN(C(=O)c3cc(F)c(Cl)cc3Cl)CC2)cs1. The standard InChI is InChI=1S/C17H18Cl2FN3OS/c1-2-16-21-11(10-25-16)9-22-3-5-23(6-4-22)17(24)12-7-15(20)14(19)8-13(12)18/h7-8,10H,2-6,9H2,1H3. The third-order valence-corrected chi connectivity index (χ3v) is 5.83. The molecule has 0 aliphatic carbocycles. The molecule has 0 bridgehead atoms. The minimum absolute atomic E-state index is 0.0823. The van der Waals surface area contributed by atoms with E-state index in [4.69, 9.17) is 23.2 Å². The van der Waals surface area contributed by atoms with Crippen molar-refractivity contribution in [3.8, 4) is 0 Å². The number of aryl methyl sites for hydroxylation is 1. The summed E-state index contributed by atoms with van der Waals surface area (Å²) in [4.78, 5) is 21.1. The van der Waals surface area contributed by atoms with Gasteiger partial charge in [0.15, 0.2) is 0 Å². The van der Waals surface area contributed by atoms with Crippen LogP contribution in [0.4, 0.5) is 4.39 Å². The molecule has 0 spiro atoms. The van der Waals surface area contributed by atoms with Crippen molar-refractivity contribution in [2.24, 2.45) is 0 Å². The molecule has 1 fully saturated rings. The predicted molar refractivity (Wildman–Crippen MR) is 99.1 cm³/mol. The number of rotatable bonds is 4. The first-order valence-electron chi connectivity index (χ1n) is 8.07. The van der Waals surface area contributed by atoms with Crippen LogP contribution in [0, 0.1) is 5.82 Å². The summed E-state index contributed by atoms with van der Waals surface area (Å²) in [5.74, 6) is -0.898. The average molecular weight is 402 g/mol. The van der Waals surface area contributed by atoms with Crippen LogP contribution in [0.1, 0.15) is 28.0 Å². The van der Waals surface area contributed by atoms with E-state index >= 15 is 0 Å². The number of halogens is 3. The Morgan fingerprint density at radius 1 is 1.24 bits per heavy atom. The molecular weight excluding hydrogens is 384 g/mol. The van der Waals surface area contributed by atoms with Crippen LogP contribution in [0.3, 0.4) is 0 Å². The van der Waals surface area contributed by atoms with Crippen LogP contribution >= 0.6 is 34.5 Å². The molecule has 0 unspecified atom stereocenters. The van der Waals surface area contributed by atoms with Crippen molar-refractivity contribution in [1.82, 2.24) is 14.8 Å². The van der Waals surface area contributed by atoms with Gasteiger partial charge in [-0.1, -0.05) is 30.1 Å². The van der Waals surface area contributed by atoms with Gasteiger partial charge in [0.05, 0.1) is 26.3 Å². The van der Waals surface area contributed by atoms with E-state index in [1.54, 1.807) is 16.2 Å². The molecule has 1 aromatic carbocycles. The van der Waals surface area contributed by atoms with Gasteiger partial charge in [-0.05, 0) is 18.6 Å². The number of carbonyl (C=O) groups excluding carboxylic acids is 1. The summed E-state index contributed by atoms with van der Waals surface area (Å²) in [6, 6.07) is 2.39. The van der Waals surface area contributed by atoms with E-state index in [1.165, 1.54) is 6.07 Å². The Hall–Kier alpha value is -1.21. The number of carbonyl (C=O) groups is 1. The lowest BCUT2D eigenvalue weighted by atomic mass is 10.1. The Morgan fingerprint density at radius 3 is 2.60 bits per heavy atom. The maximum Gasteiger partial charge on any atom is 0.255 e. The second-order valence-electron chi connectivity index (χ2n) is 5.90. The van der Waals surface area contributed by atoms with E-state index in [9.17, 15) is 9.18 Å². The topological polar surface area (TPSA) is 36.4 Å². The monoisotopic (exact) mass is 401 g/mol.